The molecule has 1 aromatic carbocycles. The third kappa shape index (κ3) is 3.39. The lowest BCUT2D eigenvalue weighted by atomic mass is 9.97. The van der Waals surface area contributed by atoms with Gasteiger partial charge < -0.3 is 10.6 Å². The van der Waals surface area contributed by atoms with Crippen LogP contribution in [0.3, 0.4) is 0 Å². The number of nitrogens with zero attached hydrogens (tertiary/aromatic N) is 3. The zero-order valence-electron chi connectivity index (χ0n) is 12.4. The summed E-state index contributed by atoms with van der Waals surface area (Å²) in [7, 11) is 2.00. The zero-order chi connectivity index (χ0) is 15.2. The van der Waals surface area contributed by atoms with Gasteiger partial charge in [0, 0.05) is 31.2 Å². The molecule has 0 radical (unpaired) electrons. The number of pyridine rings is 1. The number of benzene rings is 1. The molecule has 21 heavy (non-hydrogen) atoms. The fourth-order valence-corrected chi connectivity index (χ4v) is 2.49. The lowest BCUT2D eigenvalue weighted by molar-refractivity contribution is 0.509. The molecule has 4 heteroatoms. The minimum Gasteiger partial charge on any atom is -0.366 e. The van der Waals surface area contributed by atoms with Crippen LogP contribution in [0.15, 0.2) is 48.8 Å². The Bertz CT molecular complexity index is 618. The second-order valence-corrected chi connectivity index (χ2v) is 5.08. The molecule has 1 aromatic heterocycles. The molecule has 0 saturated heterocycles. The minimum absolute atomic E-state index is 0.00931. The molecule has 0 spiro atoms. The lowest BCUT2D eigenvalue weighted by Crippen LogP contribution is -2.39. The predicted molar refractivity (Wildman–Crippen MR) is 84.8 cm³/mol. The van der Waals surface area contributed by atoms with Crippen molar-refractivity contribution < 1.29 is 0 Å². The molecule has 4 nitrogen and oxygen atoms in total. The molecule has 2 rings (SSSR count). The van der Waals surface area contributed by atoms with E-state index in [1.807, 2.05) is 43.6 Å². The van der Waals surface area contributed by atoms with Crippen LogP contribution >= 0.6 is 0 Å². The van der Waals surface area contributed by atoms with Crippen molar-refractivity contribution in [1.82, 2.24) is 4.98 Å². The van der Waals surface area contributed by atoms with E-state index in [0.717, 1.165) is 17.7 Å². The number of rotatable bonds is 5. The van der Waals surface area contributed by atoms with Crippen molar-refractivity contribution in [3.8, 4) is 6.07 Å². The van der Waals surface area contributed by atoms with E-state index in [0.29, 0.717) is 5.56 Å². The van der Waals surface area contributed by atoms with Gasteiger partial charge in [-0.05, 0) is 36.2 Å². The van der Waals surface area contributed by atoms with Crippen LogP contribution in [0.4, 0.5) is 5.69 Å². The average Bonchev–Trinajstić information content (AvgIpc) is 2.55. The Kier molecular flexibility index (Phi) is 4.91. The van der Waals surface area contributed by atoms with Crippen LogP contribution < -0.4 is 10.6 Å². The van der Waals surface area contributed by atoms with E-state index in [-0.39, 0.29) is 12.1 Å². The SMILES string of the molecule is CCC(N)C(c1cccnc1)N(C)c1cccc(C#N)c1. The number of aromatic nitrogens is 1. The molecule has 0 aliphatic carbocycles. The van der Waals surface area contributed by atoms with E-state index < -0.39 is 0 Å². The van der Waals surface area contributed by atoms with Crippen molar-refractivity contribution in [2.45, 2.75) is 25.4 Å². The van der Waals surface area contributed by atoms with Gasteiger partial charge in [0.2, 0.25) is 0 Å². The number of nitriles is 1. The normalized spacial score (nSPS) is 13.2. The number of hydrogen-bond acceptors (Lipinski definition) is 4. The van der Waals surface area contributed by atoms with E-state index in [1.54, 1.807) is 12.3 Å². The molecule has 2 aromatic rings. The van der Waals surface area contributed by atoms with E-state index in [2.05, 4.69) is 22.9 Å². The summed E-state index contributed by atoms with van der Waals surface area (Å²) in [6.45, 7) is 2.08. The van der Waals surface area contributed by atoms with Gasteiger partial charge in [-0.1, -0.05) is 19.1 Å². The van der Waals surface area contributed by atoms with Crippen molar-refractivity contribution in [2.75, 3.05) is 11.9 Å². The summed E-state index contributed by atoms with van der Waals surface area (Å²) < 4.78 is 0. The number of hydrogen-bond donors (Lipinski definition) is 1. The monoisotopic (exact) mass is 280 g/mol. The molecule has 2 N–H and O–H groups in total. The number of anilines is 1. The fourth-order valence-electron chi connectivity index (χ4n) is 2.49. The molecule has 0 aliphatic heterocycles. The first-order valence-electron chi connectivity index (χ1n) is 7.06. The summed E-state index contributed by atoms with van der Waals surface area (Å²) in [6, 6.07) is 13.7. The summed E-state index contributed by atoms with van der Waals surface area (Å²) in [5.41, 5.74) is 9.03. The molecule has 0 aliphatic rings. The summed E-state index contributed by atoms with van der Waals surface area (Å²) in [6.07, 6.45) is 4.47. The first kappa shape index (κ1) is 15.0. The molecule has 0 bridgehead atoms. The summed E-state index contributed by atoms with van der Waals surface area (Å²) in [4.78, 5) is 6.31. The van der Waals surface area contributed by atoms with E-state index in [4.69, 9.17) is 11.0 Å². The van der Waals surface area contributed by atoms with Gasteiger partial charge >= 0.3 is 0 Å². The average molecular weight is 280 g/mol. The third-order valence-electron chi connectivity index (χ3n) is 3.70. The Morgan fingerprint density at radius 1 is 1.33 bits per heavy atom. The molecule has 1 heterocycles. The standard InChI is InChI=1S/C17H20N4/c1-3-16(19)17(14-7-5-9-20-12-14)21(2)15-8-4-6-13(10-15)11-18/h4-10,12,16-17H,3,19H2,1-2H3. The van der Waals surface area contributed by atoms with Crippen LogP contribution in [0.2, 0.25) is 0 Å². The summed E-state index contributed by atoms with van der Waals surface area (Å²) in [5.74, 6) is 0. The van der Waals surface area contributed by atoms with Crippen LogP contribution in [0.1, 0.15) is 30.5 Å². The lowest BCUT2D eigenvalue weighted by Gasteiger charge is -2.34. The highest BCUT2D eigenvalue weighted by Crippen LogP contribution is 2.28. The topological polar surface area (TPSA) is 65.9 Å². The second kappa shape index (κ2) is 6.87. The Balaban J connectivity index is 2.39. The maximum absolute atomic E-state index is 9.05. The smallest absolute Gasteiger partial charge is 0.0992 e. The van der Waals surface area contributed by atoms with Gasteiger partial charge in [0.15, 0.2) is 0 Å². The number of likely N-dealkylation sites (N-methyl/N-ethyl adjacent to an activating group) is 1. The molecule has 0 amide bonds. The first-order valence-corrected chi connectivity index (χ1v) is 7.06. The van der Waals surface area contributed by atoms with Crippen LogP contribution in [-0.2, 0) is 0 Å². The highest BCUT2D eigenvalue weighted by Gasteiger charge is 2.23. The van der Waals surface area contributed by atoms with Crippen molar-refractivity contribution in [3.63, 3.8) is 0 Å². The molecule has 0 fully saturated rings. The Morgan fingerprint density at radius 3 is 2.76 bits per heavy atom. The van der Waals surface area contributed by atoms with E-state index in [1.165, 1.54) is 0 Å². The summed E-state index contributed by atoms with van der Waals surface area (Å²) >= 11 is 0. The number of nitrogens with two attached hydrogens (primary N) is 1. The highest BCUT2D eigenvalue weighted by atomic mass is 15.2. The van der Waals surface area contributed by atoms with Crippen molar-refractivity contribution in [2.24, 2.45) is 5.73 Å². The summed E-state index contributed by atoms with van der Waals surface area (Å²) in [5, 5.41) is 9.05. The molecule has 2 unspecified atom stereocenters. The maximum atomic E-state index is 9.05. The first-order chi connectivity index (χ1) is 10.2. The van der Waals surface area contributed by atoms with E-state index in [9.17, 15) is 0 Å². The Hall–Kier alpha value is -2.38. The largest absolute Gasteiger partial charge is 0.366 e. The molecule has 108 valence electrons. The Labute approximate surface area is 125 Å². The Morgan fingerprint density at radius 2 is 2.14 bits per heavy atom. The van der Waals surface area contributed by atoms with E-state index >= 15 is 0 Å². The van der Waals surface area contributed by atoms with Gasteiger partial charge in [0.25, 0.3) is 0 Å². The van der Waals surface area contributed by atoms with Gasteiger partial charge in [0.1, 0.15) is 0 Å². The second-order valence-electron chi connectivity index (χ2n) is 5.08. The van der Waals surface area contributed by atoms with Crippen LogP contribution in [0.5, 0.6) is 0 Å². The fraction of sp³-hybridized carbons (Fsp3) is 0.294. The molecule has 2 atom stereocenters. The van der Waals surface area contributed by atoms with Crippen LogP contribution in [0, 0.1) is 11.3 Å². The molecular formula is C17H20N4. The minimum atomic E-state index is -0.00931. The molecular weight excluding hydrogens is 260 g/mol. The zero-order valence-corrected chi connectivity index (χ0v) is 12.4. The third-order valence-corrected chi connectivity index (χ3v) is 3.70. The van der Waals surface area contributed by atoms with Crippen molar-refractivity contribution >= 4 is 5.69 Å². The van der Waals surface area contributed by atoms with Crippen molar-refractivity contribution in [1.29, 1.82) is 5.26 Å². The maximum Gasteiger partial charge on any atom is 0.0992 e. The quantitative estimate of drug-likeness (QED) is 0.914. The van der Waals surface area contributed by atoms with Gasteiger partial charge in [-0.25, -0.2) is 0 Å². The predicted octanol–water partition coefficient (Wildman–Crippen LogP) is 2.87. The van der Waals surface area contributed by atoms with Gasteiger partial charge in [0.05, 0.1) is 17.7 Å². The van der Waals surface area contributed by atoms with Crippen LogP contribution in [-0.4, -0.2) is 18.1 Å². The van der Waals surface area contributed by atoms with Gasteiger partial charge in [-0.3, -0.25) is 4.98 Å². The van der Waals surface area contributed by atoms with Crippen molar-refractivity contribution in [3.05, 3.63) is 59.9 Å². The molecule has 0 saturated carbocycles. The highest BCUT2D eigenvalue weighted by molar-refractivity contribution is 5.53. The van der Waals surface area contributed by atoms with Gasteiger partial charge in [-0.15, -0.1) is 0 Å². The van der Waals surface area contributed by atoms with Gasteiger partial charge in [-0.2, -0.15) is 5.26 Å². The van der Waals surface area contributed by atoms with Crippen LogP contribution in [0.25, 0.3) is 0 Å².